The van der Waals surface area contributed by atoms with Gasteiger partial charge in [-0.2, -0.15) is 0 Å². The molecule has 3 rings (SSSR count). The number of benzene rings is 1. The third kappa shape index (κ3) is 5.44. The second-order valence-corrected chi connectivity index (χ2v) is 8.29. The van der Waals surface area contributed by atoms with E-state index >= 15 is 0 Å². The highest BCUT2D eigenvalue weighted by molar-refractivity contribution is 6.24. The minimum absolute atomic E-state index is 0.00246. The van der Waals surface area contributed by atoms with Gasteiger partial charge in [-0.15, -0.1) is 0 Å². The van der Waals surface area contributed by atoms with E-state index in [-0.39, 0.29) is 48.5 Å². The average molecular weight is 458 g/mol. The Bertz CT molecular complexity index is 1000. The number of aliphatic carboxylic acids is 1. The largest absolute Gasteiger partial charge is 0.485 e. The molecule has 1 aromatic carbocycles. The van der Waals surface area contributed by atoms with Gasteiger partial charge in [0.25, 0.3) is 11.8 Å². The fraction of sp³-hybridized carbons (Fsp3) is 0.478. The van der Waals surface area contributed by atoms with Crippen LogP contribution in [-0.2, 0) is 19.2 Å². The molecule has 0 aromatic heterocycles. The molecule has 2 heterocycles. The maximum absolute atomic E-state index is 13.0. The Morgan fingerprint density at radius 3 is 2.61 bits per heavy atom. The van der Waals surface area contributed by atoms with Crippen LogP contribution >= 0.6 is 0 Å². The van der Waals surface area contributed by atoms with Crippen molar-refractivity contribution in [3.8, 4) is 5.75 Å². The summed E-state index contributed by atoms with van der Waals surface area (Å²) in [7, 11) is 0. The number of unbranched alkanes of at least 4 members (excludes halogenated alkanes) is 2. The highest BCUT2D eigenvalue weighted by atomic mass is 16.5. The van der Waals surface area contributed by atoms with Crippen LogP contribution in [0.15, 0.2) is 18.2 Å². The number of carboxylic acid groups (broad SMARTS) is 1. The summed E-state index contributed by atoms with van der Waals surface area (Å²) in [5, 5.41) is 11.0. The number of nitrogens with zero attached hydrogens (tertiary/aromatic N) is 1. The fourth-order valence-corrected chi connectivity index (χ4v) is 3.91. The van der Waals surface area contributed by atoms with E-state index in [2.05, 4.69) is 5.32 Å². The van der Waals surface area contributed by atoms with Crippen molar-refractivity contribution in [3.63, 3.8) is 0 Å². The van der Waals surface area contributed by atoms with E-state index in [9.17, 15) is 28.8 Å². The minimum Gasteiger partial charge on any atom is -0.485 e. The molecule has 2 atom stereocenters. The summed E-state index contributed by atoms with van der Waals surface area (Å²) in [4.78, 5) is 73.2. The number of fused-ring (bicyclic) bond motifs is 1. The third-order valence-electron chi connectivity index (χ3n) is 5.83. The molecule has 4 amide bonds. The van der Waals surface area contributed by atoms with Crippen molar-refractivity contribution in [1.82, 2.24) is 10.2 Å². The second kappa shape index (κ2) is 10.4. The molecular weight excluding hydrogens is 432 g/mol. The highest BCUT2D eigenvalue weighted by Gasteiger charge is 2.46. The SMILES string of the molecule is C[C@@H](CCCCCC(=O)COc1cccc2c1C(=O)N(C1CCC(=O)NC1=O)C2=O)C(=O)O. The highest BCUT2D eigenvalue weighted by Crippen LogP contribution is 2.33. The molecule has 0 bridgehead atoms. The predicted molar refractivity (Wildman–Crippen MR) is 114 cm³/mol. The Hall–Kier alpha value is -3.56. The number of amides is 4. The number of piperidine rings is 1. The molecule has 2 aliphatic rings. The fourth-order valence-electron chi connectivity index (χ4n) is 3.91. The van der Waals surface area contributed by atoms with Crippen molar-refractivity contribution >= 4 is 35.4 Å². The Labute approximate surface area is 190 Å². The van der Waals surface area contributed by atoms with Gasteiger partial charge in [-0.05, 0) is 31.4 Å². The number of carbonyl (C=O) groups is 6. The first-order chi connectivity index (χ1) is 15.7. The van der Waals surface area contributed by atoms with Crippen LogP contribution in [0.4, 0.5) is 0 Å². The molecule has 10 nitrogen and oxygen atoms in total. The van der Waals surface area contributed by atoms with Crippen LogP contribution in [0.5, 0.6) is 5.75 Å². The molecule has 33 heavy (non-hydrogen) atoms. The van der Waals surface area contributed by atoms with E-state index in [1.807, 2.05) is 0 Å². The van der Waals surface area contributed by atoms with Gasteiger partial charge < -0.3 is 9.84 Å². The molecule has 0 spiro atoms. The van der Waals surface area contributed by atoms with E-state index in [1.165, 1.54) is 18.2 Å². The zero-order chi connectivity index (χ0) is 24.1. The number of hydrogen-bond donors (Lipinski definition) is 2. The van der Waals surface area contributed by atoms with Gasteiger partial charge in [0.2, 0.25) is 11.8 Å². The van der Waals surface area contributed by atoms with Crippen molar-refractivity contribution in [2.75, 3.05) is 6.61 Å². The monoisotopic (exact) mass is 458 g/mol. The lowest BCUT2D eigenvalue weighted by atomic mass is 10.0. The Morgan fingerprint density at radius 1 is 1.15 bits per heavy atom. The van der Waals surface area contributed by atoms with Crippen molar-refractivity contribution < 1.29 is 38.6 Å². The molecular formula is C23H26N2O8. The van der Waals surface area contributed by atoms with Crippen molar-refractivity contribution in [3.05, 3.63) is 29.3 Å². The summed E-state index contributed by atoms with van der Waals surface area (Å²) < 4.78 is 5.55. The Kier molecular flexibility index (Phi) is 7.57. The maximum atomic E-state index is 13.0. The van der Waals surface area contributed by atoms with Crippen LogP contribution in [0.2, 0.25) is 0 Å². The van der Waals surface area contributed by atoms with Gasteiger partial charge in [0.15, 0.2) is 5.78 Å². The smallest absolute Gasteiger partial charge is 0.306 e. The summed E-state index contributed by atoms with van der Waals surface area (Å²) in [6.07, 6.45) is 2.91. The van der Waals surface area contributed by atoms with Crippen LogP contribution in [-0.4, -0.2) is 58.0 Å². The summed E-state index contributed by atoms with van der Waals surface area (Å²) in [5.74, 6) is -3.83. The first kappa shape index (κ1) is 24.1. The van der Waals surface area contributed by atoms with E-state index in [0.29, 0.717) is 19.3 Å². The van der Waals surface area contributed by atoms with Gasteiger partial charge in [-0.3, -0.25) is 39.0 Å². The predicted octanol–water partition coefficient (Wildman–Crippen LogP) is 1.71. The summed E-state index contributed by atoms with van der Waals surface area (Å²) in [6.45, 7) is 1.37. The number of hydrogen-bond acceptors (Lipinski definition) is 7. The average Bonchev–Trinajstić information content (AvgIpc) is 3.02. The van der Waals surface area contributed by atoms with Crippen molar-refractivity contribution in [2.24, 2.45) is 5.92 Å². The van der Waals surface area contributed by atoms with E-state index in [0.717, 1.165) is 11.3 Å². The number of carbonyl (C=O) groups excluding carboxylic acids is 5. The molecule has 0 saturated carbocycles. The molecule has 0 aliphatic carbocycles. The standard InChI is InChI=1S/C23H26N2O8/c1-13(23(31)32)6-3-2-4-7-14(26)12-33-17-9-5-8-15-19(17)22(30)25(21(15)29)16-10-11-18(27)24-20(16)28/h5,8-9,13,16H,2-4,6-7,10-12H2,1H3,(H,31,32)(H,24,27,28)/t13-,16?/m0/s1. The van der Waals surface area contributed by atoms with Gasteiger partial charge in [-0.25, -0.2) is 0 Å². The molecule has 2 N–H and O–H groups in total. The molecule has 0 radical (unpaired) electrons. The number of ketones is 1. The quantitative estimate of drug-likeness (QED) is 0.376. The molecule has 176 valence electrons. The minimum atomic E-state index is -1.08. The molecule has 1 saturated heterocycles. The van der Waals surface area contributed by atoms with Crippen LogP contribution in [0, 0.1) is 5.92 Å². The van der Waals surface area contributed by atoms with Crippen LogP contribution < -0.4 is 10.1 Å². The number of ether oxygens (including phenoxy) is 1. The van der Waals surface area contributed by atoms with Crippen LogP contribution in [0.1, 0.15) is 72.6 Å². The lowest BCUT2D eigenvalue weighted by molar-refractivity contribution is -0.141. The van der Waals surface area contributed by atoms with Crippen molar-refractivity contribution in [1.29, 1.82) is 0 Å². The van der Waals surface area contributed by atoms with E-state index in [4.69, 9.17) is 9.84 Å². The van der Waals surface area contributed by atoms with Gasteiger partial charge in [0, 0.05) is 12.8 Å². The number of imide groups is 2. The first-order valence-electron chi connectivity index (χ1n) is 10.9. The second-order valence-electron chi connectivity index (χ2n) is 8.29. The van der Waals surface area contributed by atoms with E-state index < -0.39 is 41.6 Å². The molecule has 10 heteroatoms. The molecule has 1 fully saturated rings. The lowest BCUT2D eigenvalue weighted by Gasteiger charge is -2.27. The number of carboxylic acids is 1. The molecule has 1 aromatic rings. The topological polar surface area (TPSA) is 147 Å². The Balaban J connectivity index is 1.56. The number of nitrogens with one attached hydrogen (secondary N) is 1. The van der Waals surface area contributed by atoms with E-state index in [1.54, 1.807) is 6.92 Å². The lowest BCUT2D eigenvalue weighted by Crippen LogP contribution is -2.54. The summed E-state index contributed by atoms with van der Waals surface area (Å²) >= 11 is 0. The number of Topliss-reactive ketones (excluding diaryl/α,β-unsaturated/α-hetero) is 1. The van der Waals surface area contributed by atoms with Gasteiger partial charge in [0.1, 0.15) is 18.4 Å². The Morgan fingerprint density at radius 2 is 1.91 bits per heavy atom. The van der Waals surface area contributed by atoms with Crippen LogP contribution in [0.3, 0.4) is 0 Å². The number of rotatable bonds is 11. The third-order valence-corrected chi connectivity index (χ3v) is 5.83. The maximum Gasteiger partial charge on any atom is 0.306 e. The van der Waals surface area contributed by atoms with Gasteiger partial charge in [0.05, 0.1) is 17.0 Å². The summed E-state index contributed by atoms with van der Waals surface area (Å²) in [5.41, 5.74) is 0.0878. The molecule has 2 aliphatic heterocycles. The zero-order valence-corrected chi connectivity index (χ0v) is 18.3. The first-order valence-corrected chi connectivity index (χ1v) is 10.9. The van der Waals surface area contributed by atoms with Gasteiger partial charge in [-0.1, -0.05) is 25.8 Å². The zero-order valence-electron chi connectivity index (χ0n) is 18.3. The molecule has 1 unspecified atom stereocenters. The van der Waals surface area contributed by atoms with Gasteiger partial charge >= 0.3 is 5.97 Å². The summed E-state index contributed by atoms with van der Waals surface area (Å²) in [6, 6.07) is 3.39. The normalized spacial score (nSPS) is 18.7. The van der Waals surface area contributed by atoms with Crippen LogP contribution in [0.25, 0.3) is 0 Å². The van der Waals surface area contributed by atoms with Crippen molar-refractivity contribution in [2.45, 2.75) is 57.9 Å².